The van der Waals surface area contributed by atoms with E-state index in [2.05, 4.69) is 0 Å². The van der Waals surface area contributed by atoms with E-state index < -0.39 is 5.82 Å². The Hall–Kier alpha value is -2.23. The fourth-order valence-electron chi connectivity index (χ4n) is 1.74. The van der Waals surface area contributed by atoms with Crippen LogP contribution in [0.15, 0.2) is 36.4 Å². The van der Waals surface area contributed by atoms with E-state index in [9.17, 15) is 13.6 Å². The smallest absolute Gasteiger partial charge is 0.165 e. The van der Waals surface area contributed by atoms with Gasteiger partial charge in [0.2, 0.25) is 0 Å². The Kier molecular flexibility index (Phi) is 3.90. The second-order valence-electron chi connectivity index (χ2n) is 4.14. The molecule has 98 valence electrons. The number of carbonyl (C=O) groups is 1. The second-order valence-corrected chi connectivity index (χ2v) is 4.14. The lowest BCUT2D eigenvalue weighted by molar-refractivity contribution is 0.111. The van der Waals surface area contributed by atoms with Crippen molar-refractivity contribution in [1.29, 1.82) is 0 Å². The van der Waals surface area contributed by atoms with Crippen molar-refractivity contribution in [3.8, 4) is 5.75 Å². The molecule has 0 spiro atoms. The number of hydrogen-bond donors (Lipinski definition) is 0. The van der Waals surface area contributed by atoms with Gasteiger partial charge in [-0.2, -0.15) is 0 Å². The molecular weight excluding hydrogens is 250 g/mol. The first-order valence-electron chi connectivity index (χ1n) is 5.73. The van der Waals surface area contributed by atoms with Crippen LogP contribution in [0.2, 0.25) is 0 Å². The van der Waals surface area contributed by atoms with Gasteiger partial charge in [0, 0.05) is 0 Å². The zero-order valence-electron chi connectivity index (χ0n) is 10.3. The molecule has 2 nitrogen and oxygen atoms in total. The van der Waals surface area contributed by atoms with Gasteiger partial charge in [-0.05, 0) is 42.3 Å². The lowest BCUT2D eigenvalue weighted by Crippen LogP contribution is -2.02. The van der Waals surface area contributed by atoms with E-state index in [1.165, 1.54) is 30.3 Å². The number of carbonyl (C=O) groups excluding carboxylic acids is 1. The first-order chi connectivity index (χ1) is 9.11. The van der Waals surface area contributed by atoms with Crippen LogP contribution in [0.3, 0.4) is 0 Å². The van der Waals surface area contributed by atoms with Crippen molar-refractivity contribution >= 4 is 6.29 Å². The van der Waals surface area contributed by atoms with Crippen LogP contribution in [-0.4, -0.2) is 6.29 Å². The molecule has 0 atom stereocenters. The minimum atomic E-state index is -0.593. The van der Waals surface area contributed by atoms with Crippen molar-refractivity contribution in [2.24, 2.45) is 0 Å². The lowest BCUT2D eigenvalue weighted by Gasteiger charge is -2.11. The monoisotopic (exact) mass is 262 g/mol. The van der Waals surface area contributed by atoms with Gasteiger partial charge in [0.15, 0.2) is 17.9 Å². The summed E-state index contributed by atoms with van der Waals surface area (Å²) in [6.07, 6.45) is 0.538. The van der Waals surface area contributed by atoms with E-state index in [-0.39, 0.29) is 23.7 Å². The maximum atomic E-state index is 13.6. The zero-order chi connectivity index (χ0) is 13.8. The summed E-state index contributed by atoms with van der Waals surface area (Å²) >= 11 is 0. The highest BCUT2D eigenvalue weighted by molar-refractivity contribution is 5.79. The van der Waals surface area contributed by atoms with Gasteiger partial charge < -0.3 is 4.74 Å². The molecule has 0 aliphatic heterocycles. The number of ether oxygens (including phenoxy) is 1. The molecule has 0 saturated heterocycles. The Balaban J connectivity index is 2.21. The average Bonchev–Trinajstić information content (AvgIpc) is 2.39. The molecule has 0 bridgehead atoms. The Morgan fingerprint density at radius 3 is 2.68 bits per heavy atom. The first kappa shape index (κ1) is 13.2. The Morgan fingerprint density at radius 2 is 2.00 bits per heavy atom. The normalized spacial score (nSPS) is 10.3. The molecule has 2 aromatic carbocycles. The van der Waals surface area contributed by atoms with Gasteiger partial charge in [0.05, 0.1) is 5.56 Å². The number of para-hydroxylation sites is 1. The summed E-state index contributed by atoms with van der Waals surface area (Å²) in [5.41, 5.74) is 1.60. The van der Waals surface area contributed by atoms with E-state index in [1.54, 1.807) is 13.0 Å². The van der Waals surface area contributed by atoms with Gasteiger partial charge in [-0.25, -0.2) is 8.78 Å². The van der Waals surface area contributed by atoms with Crippen LogP contribution in [0.25, 0.3) is 0 Å². The van der Waals surface area contributed by atoms with Crippen molar-refractivity contribution in [1.82, 2.24) is 0 Å². The predicted molar refractivity (Wildman–Crippen MR) is 67.3 cm³/mol. The van der Waals surface area contributed by atoms with Crippen LogP contribution < -0.4 is 4.74 Å². The third kappa shape index (κ3) is 2.96. The Morgan fingerprint density at radius 1 is 1.21 bits per heavy atom. The molecule has 0 unspecified atom stereocenters. The third-order valence-electron chi connectivity index (χ3n) is 2.80. The maximum Gasteiger partial charge on any atom is 0.165 e. The van der Waals surface area contributed by atoms with Crippen molar-refractivity contribution in [3.05, 3.63) is 64.7 Å². The van der Waals surface area contributed by atoms with E-state index in [0.29, 0.717) is 11.8 Å². The predicted octanol–water partition coefficient (Wildman–Crippen LogP) is 3.66. The van der Waals surface area contributed by atoms with Gasteiger partial charge in [-0.1, -0.05) is 12.1 Å². The van der Waals surface area contributed by atoms with Crippen molar-refractivity contribution in [2.45, 2.75) is 13.5 Å². The molecule has 0 aliphatic carbocycles. The standard InChI is InChI=1S/C15H12F2O2/c1-10-7-13(16)6-5-12(10)9-19-15-11(8-18)3-2-4-14(15)17/h2-8H,9H2,1H3. The Bertz CT molecular complexity index is 609. The molecular formula is C15H12F2O2. The summed E-state index contributed by atoms with van der Waals surface area (Å²) in [5.74, 6) is -1.01. The van der Waals surface area contributed by atoms with E-state index in [1.807, 2.05) is 0 Å². The van der Waals surface area contributed by atoms with Gasteiger partial charge in [-0.15, -0.1) is 0 Å². The molecule has 2 rings (SSSR count). The number of hydrogen-bond acceptors (Lipinski definition) is 2. The van der Waals surface area contributed by atoms with Gasteiger partial charge >= 0.3 is 0 Å². The maximum absolute atomic E-state index is 13.6. The molecule has 0 amide bonds. The van der Waals surface area contributed by atoms with Crippen molar-refractivity contribution in [2.75, 3.05) is 0 Å². The fourth-order valence-corrected chi connectivity index (χ4v) is 1.74. The van der Waals surface area contributed by atoms with Crippen LogP contribution >= 0.6 is 0 Å². The number of halogens is 2. The fraction of sp³-hybridized carbons (Fsp3) is 0.133. The first-order valence-corrected chi connectivity index (χ1v) is 5.73. The molecule has 0 heterocycles. The second kappa shape index (κ2) is 5.61. The number of aldehydes is 1. The molecule has 0 saturated carbocycles. The molecule has 2 aromatic rings. The molecule has 0 fully saturated rings. The molecule has 4 heteroatoms. The highest BCUT2D eigenvalue weighted by Gasteiger charge is 2.10. The summed E-state index contributed by atoms with van der Waals surface area (Å²) in [6.45, 7) is 1.82. The highest BCUT2D eigenvalue weighted by Crippen LogP contribution is 2.23. The number of rotatable bonds is 4. The summed E-state index contributed by atoms with van der Waals surface area (Å²) in [7, 11) is 0. The van der Waals surface area contributed by atoms with Gasteiger partial charge in [-0.3, -0.25) is 4.79 Å². The molecule has 0 aromatic heterocycles. The highest BCUT2D eigenvalue weighted by atomic mass is 19.1. The number of aryl methyl sites for hydroxylation is 1. The van der Waals surface area contributed by atoms with Crippen LogP contribution in [0, 0.1) is 18.6 Å². The minimum Gasteiger partial charge on any atom is -0.485 e. The van der Waals surface area contributed by atoms with E-state index in [4.69, 9.17) is 4.74 Å². The van der Waals surface area contributed by atoms with Gasteiger partial charge in [0.1, 0.15) is 12.4 Å². The molecule has 19 heavy (non-hydrogen) atoms. The SMILES string of the molecule is Cc1cc(F)ccc1COc1c(F)cccc1C=O. The zero-order valence-corrected chi connectivity index (χ0v) is 10.3. The van der Waals surface area contributed by atoms with E-state index >= 15 is 0 Å². The third-order valence-corrected chi connectivity index (χ3v) is 2.80. The topological polar surface area (TPSA) is 26.3 Å². The summed E-state index contributed by atoms with van der Waals surface area (Å²) in [4.78, 5) is 10.8. The molecule has 0 N–H and O–H groups in total. The summed E-state index contributed by atoms with van der Waals surface area (Å²) in [6, 6.07) is 8.40. The largest absolute Gasteiger partial charge is 0.485 e. The Labute approximate surface area is 109 Å². The average molecular weight is 262 g/mol. The number of benzene rings is 2. The lowest BCUT2D eigenvalue weighted by atomic mass is 10.1. The van der Waals surface area contributed by atoms with E-state index in [0.717, 1.165) is 5.56 Å². The van der Waals surface area contributed by atoms with Crippen LogP contribution in [0.4, 0.5) is 8.78 Å². The quantitative estimate of drug-likeness (QED) is 0.786. The summed E-state index contributed by atoms with van der Waals surface area (Å²) in [5, 5.41) is 0. The minimum absolute atomic E-state index is 0.0773. The molecule has 0 aliphatic rings. The van der Waals surface area contributed by atoms with Crippen molar-refractivity contribution < 1.29 is 18.3 Å². The summed E-state index contributed by atoms with van der Waals surface area (Å²) < 4.78 is 31.8. The van der Waals surface area contributed by atoms with Crippen LogP contribution in [0.1, 0.15) is 21.5 Å². The van der Waals surface area contributed by atoms with Crippen LogP contribution in [-0.2, 0) is 6.61 Å². The molecule has 0 radical (unpaired) electrons. The van der Waals surface area contributed by atoms with Gasteiger partial charge in [0.25, 0.3) is 0 Å². The van der Waals surface area contributed by atoms with Crippen molar-refractivity contribution in [3.63, 3.8) is 0 Å². The van der Waals surface area contributed by atoms with Crippen LogP contribution in [0.5, 0.6) is 5.75 Å².